The summed E-state index contributed by atoms with van der Waals surface area (Å²) in [5.41, 5.74) is 2.10. The average molecular weight is 383 g/mol. The third-order valence-electron chi connectivity index (χ3n) is 5.94. The van der Waals surface area contributed by atoms with Gasteiger partial charge >= 0.3 is 0 Å². The number of rotatable bonds is 7. The molecule has 3 saturated heterocycles. The van der Waals surface area contributed by atoms with Crippen molar-refractivity contribution in [2.24, 2.45) is 5.92 Å². The van der Waals surface area contributed by atoms with E-state index < -0.39 is 0 Å². The second-order valence-electron chi connectivity index (χ2n) is 7.89. The number of nitrogens with zero attached hydrogens (tertiary/aromatic N) is 4. The van der Waals surface area contributed by atoms with Crippen molar-refractivity contribution in [3.63, 3.8) is 0 Å². The van der Waals surface area contributed by atoms with Gasteiger partial charge in [0.05, 0.1) is 19.3 Å². The Labute approximate surface area is 167 Å². The van der Waals surface area contributed by atoms with Gasteiger partial charge in [0, 0.05) is 63.8 Å². The van der Waals surface area contributed by atoms with Crippen molar-refractivity contribution < 1.29 is 9.47 Å². The third-order valence-corrected chi connectivity index (χ3v) is 5.94. The summed E-state index contributed by atoms with van der Waals surface area (Å²) in [4.78, 5) is 14.4. The lowest BCUT2D eigenvalue weighted by molar-refractivity contribution is 0.0867. The highest BCUT2D eigenvalue weighted by Gasteiger charge is 2.34. The van der Waals surface area contributed by atoms with E-state index in [9.17, 15) is 0 Å². The maximum atomic E-state index is 5.43. The van der Waals surface area contributed by atoms with E-state index in [1.54, 1.807) is 14.2 Å². The van der Waals surface area contributed by atoms with Crippen LogP contribution >= 0.6 is 0 Å². The molecular formula is C22H30N4O2. The van der Waals surface area contributed by atoms with Gasteiger partial charge in [-0.1, -0.05) is 12.1 Å². The van der Waals surface area contributed by atoms with Crippen molar-refractivity contribution in [2.45, 2.75) is 25.4 Å². The molecule has 1 aromatic carbocycles. The van der Waals surface area contributed by atoms with Gasteiger partial charge in [0.2, 0.25) is 0 Å². The van der Waals surface area contributed by atoms with Crippen molar-refractivity contribution in [2.75, 3.05) is 47.0 Å². The zero-order valence-corrected chi connectivity index (χ0v) is 16.9. The van der Waals surface area contributed by atoms with Gasteiger partial charge in [-0.15, -0.1) is 0 Å². The largest absolute Gasteiger partial charge is 0.496 e. The van der Waals surface area contributed by atoms with Crippen LogP contribution < -0.4 is 4.74 Å². The summed E-state index contributed by atoms with van der Waals surface area (Å²) in [5, 5.41) is 0. The number of benzene rings is 1. The van der Waals surface area contributed by atoms with E-state index in [2.05, 4.69) is 19.8 Å². The van der Waals surface area contributed by atoms with Gasteiger partial charge < -0.3 is 9.47 Å². The van der Waals surface area contributed by atoms with Gasteiger partial charge in [-0.3, -0.25) is 9.80 Å². The van der Waals surface area contributed by atoms with Crippen LogP contribution in [0.5, 0.6) is 5.75 Å². The highest BCUT2D eigenvalue weighted by atomic mass is 16.5. The van der Waals surface area contributed by atoms with E-state index >= 15 is 0 Å². The number of piperidine rings is 1. The van der Waals surface area contributed by atoms with E-state index in [0.29, 0.717) is 11.9 Å². The molecule has 0 saturated carbocycles. The van der Waals surface area contributed by atoms with Gasteiger partial charge in [-0.05, 0) is 30.9 Å². The van der Waals surface area contributed by atoms with Crippen molar-refractivity contribution in [3.05, 3.63) is 42.2 Å². The maximum Gasteiger partial charge on any atom is 0.162 e. The first-order chi connectivity index (χ1) is 13.8. The summed E-state index contributed by atoms with van der Waals surface area (Å²) in [6.45, 7) is 6.26. The molecule has 0 unspecified atom stereocenters. The molecule has 150 valence electrons. The highest BCUT2D eigenvalue weighted by molar-refractivity contribution is 5.63. The summed E-state index contributed by atoms with van der Waals surface area (Å²) >= 11 is 0. The predicted octanol–water partition coefficient (Wildman–Crippen LogP) is 2.69. The third kappa shape index (κ3) is 4.35. The Kier molecular flexibility index (Phi) is 6.20. The summed E-state index contributed by atoms with van der Waals surface area (Å²) in [6, 6.07) is 8.52. The van der Waals surface area contributed by atoms with Crippen LogP contribution in [-0.2, 0) is 11.3 Å². The highest BCUT2D eigenvalue weighted by Crippen LogP contribution is 2.29. The Morgan fingerprint density at radius 1 is 1.04 bits per heavy atom. The quantitative estimate of drug-likeness (QED) is 0.734. The zero-order chi connectivity index (χ0) is 19.3. The van der Waals surface area contributed by atoms with Crippen LogP contribution in [0.25, 0.3) is 11.4 Å². The second-order valence-corrected chi connectivity index (χ2v) is 7.89. The fourth-order valence-electron chi connectivity index (χ4n) is 4.55. The lowest BCUT2D eigenvalue weighted by atomic mass is 9.95. The summed E-state index contributed by atoms with van der Waals surface area (Å²) in [7, 11) is 3.47. The Morgan fingerprint density at radius 3 is 2.64 bits per heavy atom. The van der Waals surface area contributed by atoms with E-state index in [-0.39, 0.29) is 0 Å². The number of hydrogen-bond acceptors (Lipinski definition) is 6. The van der Waals surface area contributed by atoms with Gasteiger partial charge in [0.1, 0.15) is 5.75 Å². The van der Waals surface area contributed by atoms with Gasteiger partial charge in [-0.25, -0.2) is 9.97 Å². The molecule has 6 heteroatoms. The summed E-state index contributed by atoms with van der Waals surface area (Å²) < 4.78 is 10.7. The average Bonchev–Trinajstić information content (AvgIpc) is 3.03. The molecule has 2 atom stereocenters. The van der Waals surface area contributed by atoms with E-state index in [1.807, 2.05) is 36.7 Å². The van der Waals surface area contributed by atoms with Crippen LogP contribution in [0.15, 0.2) is 36.7 Å². The van der Waals surface area contributed by atoms with Crippen molar-refractivity contribution in [1.29, 1.82) is 0 Å². The molecular weight excluding hydrogens is 352 g/mol. The lowest BCUT2D eigenvalue weighted by Crippen LogP contribution is -2.45. The topological polar surface area (TPSA) is 50.7 Å². The molecule has 1 aromatic heterocycles. The molecule has 0 amide bonds. The van der Waals surface area contributed by atoms with Crippen LogP contribution in [0.1, 0.15) is 18.4 Å². The predicted molar refractivity (Wildman–Crippen MR) is 109 cm³/mol. The van der Waals surface area contributed by atoms with Crippen molar-refractivity contribution in [3.8, 4) is 17.1 Å². The normalized spacial score (nSPS) is 22.9. The molecule has 2 aromatic rings. The molecule has 2 bridgehead atoms. The number of aromatic nitrogens is 2. The molecule has 6 nitrogen and oxygen atoms in total. The molecule has 0 spiro atoms. The summed E-state index contributed by atoms with van der Waals surface area (Å²) in [5.74, 6) is 2.27. The minimum absolute atomic E-state index is 0.641. The Hall–Kier alpha value is -2.02. The monoisotopic (exact) mass is 382 g/mol. The SMILES string of the molecule is COCCN1C[C@@H]2CC[C@H]1CN(Cc1cnc(-c3ccccc3OC)nc1)C2. The fraction of sp³-hybridized carbons (Fsp3) is 0.545. The maximum absolute atomic E-state index is 5.43. The van der Waals surface area contributed by atoms with E-state index in [0.717, 1.165) is 50.0 Å². The summed E-state index contributed by atoms with van der Waals surface area (Å²) in [6.07, 6.45) is 6.57. The number of methoxy groups -OCH3 is 2. The molecule has 3 fully saturated rings. The first-order valence-corrected chi connectivity index (χ1v) is 10.2. The number of fused-ring (bicyclic) bond motifs is 4. The van der Waals surface area contributed by atoms with Crippen LogP contribution in [0.4, 0.5) is 0 Å². The fourth-order valence-corrected chi connectivity index (χ4v) is 4.55. The number of ether oxygens (including phenoxy) is 2. The number of para-hydroxylation sites is 1. The van der Waals surface area contributed by atoms with Crippen molar-refractivity contribution >= 4 is 0 Å². The molecule has 5 rings (SSSR count). The lowest BCUT2D eigenvalue weighted by Gasteiger charge is -2.35. The van der Waals surface area contributed by atoms with Crippen molar-refractivity contribution in [1.82, 2.24) is 19.8 Å². The Morgan fingerprint density at radius 2 is 1.86 bits per heavy atom. The minimum Gasteiger partial charge on any atom is -0.496 e. The van der Waals surface area contributed by atoms with Crippen LogP contribution in [-0.4, -0.2) is 72.8 Å². The molecule has 28 heavy (non-hydrogen) atoms. The first-order valence-electron chi connectivity index (χ1n) is 10.2. The molecule has 3 aliphatic heterocycles. The van der Waals surface area contributed by atoms with Gasteiger partial charge in [0.15, 0.2) is 5.82 Å². The molecule has 4 heterocycles. The van der Waals surface area contributed by atoms with Crippen LogP contribution in [0.3, 0.4) is 0 Å². The van der Waals surface area contributed by atoms with E-state index in [1.165, 1.54) is 24.9 Å². The molecule has 0 N–H and O–H groups in total. The van der Waals surface area contributed by atoms with Gasteiger partial charge in [-0.2, -0.15) is 0 Å². The first kappa shape index (κ1) is 19.3. The van der Waals surface area contributed by atoms with Gasteiger partial charge in [0.25, 0.3) is 0 Å². The molecule has 0 aliphatic carbocycles. The van der Waals surface area contributed by atoms with Crippen LogP contribution in [0.2, 0.25) is 0 Å². The standard InChI is InChI=1S/C22H30N4O2/c1-27-10-9-26-15-17-7-8-19(26)16-25(13-17)14-18-11-23-22(24-12-18)20-5-3-4-6-21(20)28-2/h3-6,11-12,17,19H,7-10,13-16H2,1-2H3/t17-,19+/m1/s1. The second kappa shape index (κ2) is 8.99. The van der Waals surface area contributed by atoms with Crippen LogP contribution in [0, 0.1) is 5.92 Å². The smallest absolute Gasteiger partial charge is 0.162 e. The molecule has 3 aliphatic rings. The minimum atomic E-state index is 0.641. The zero-order valence-electron chi connectivity index (χ0n) is 16.9. The molecule has 0 radical (unpaired) electrons. The Balaban J connectivity index is 1.42. The Bertz CT molecular complexity index is 767. The number of hydrogen-bond donors (Lipinski definition) is 0. The van der Waals surface area contributed by atoms with E-state index in [4.69, 9.17) is 9.47 Å².